The molecule has 0 aromatic carbocycles. The molecule has 138 valence electrons. The van der Waals surface area contributed by atoms with Crippen LogP contribution in [0, 0.1) is 0 Å². The molecule has 0 unspecified atom stereocenters. The number of carbonyl (C=O) groups is 1. The van der Waals surface area contributed by atoms with E-state index in [2.05, 4.69) is 6.58 Å². The molecule has 0 aromatic heterocycles. The highest BCUT2D eigenvalue weighted by molar-refractivity contribution is 7.99. The number of allylic oxidation sites excluding steroid dienone is 1. The Morgan fingerprint density at radius 3 is 2.22 bits per heavy atom. The molecular weight excluding hydrogens is 314 g/mol. The van der Waals surface area contributed by atoms with Crippen molar-refractivity contribution in [3.05, 3.63) is 12.7 Å². The first-order chi connectivity index (χ1) is 11.1. The number of carboxylic acids is 1. The number of nitrogens with two attached hydrogens (primary N) is 1. The maximum Gasteiger partial charge on any atom is 0.303 e. The molecule has 0 heterocycles. The number of carboxylic acid groups (broad SMARTS) is 1. The van der Waals surface area contributed by atoms with Crippen LogP contribution in [-0.4, -0.2) is 49.6 Å². The third-order valence-electron chi connectivity index (χ3n) is 3.09. The Bertz CT molecular complexity index is 261. The van der Waals surface area contributed by atoms with Crippen LogP contribution >= 0.6 is 11.8 Å². The first kappa shape index (κ1) is 24.7. The van der Waals surface area contributed by atoms with Crippen LogP contribution in [0.4, 0.5) is 0 Å². The summed E-state index contributed by atoms with van der Waals surface area (Å²) in [6.07, 6.45) is 10.1. The van der Waals surface area contributed by atoms with Crippen LogP contribution in [0.25, 0.3) is 0 Å². The van der Waals surface area contributed by atoms with Crippen LogP contribution in [0.3, 0.4) is 0 Å². The lowest BCUT2D eigenvalue weighted by atomic mass is 10.1. The molecule has 0 rings (SSSR count). The van der Waals surface area contributed by atoms with Crippen molar-refractivity contribution in [2.75, 3.05) is 32.3 Å². The van der Waals surface area contributed by atoms with E-state index < -0.39 is 5.97 Å². The lowest BCUT2D eigenvalue weighted by Gasteiger charge is -2.11. The predicted octanol–water partition coefficient (Wildman–Crippen LogP) is 3.68. The van der Waals surface area contributed by atoms with Crippen LogP contribution in [0.2, 0.25) is 0 Å². The predicted molar refractivity (Wildman–Crippen MR) is 99.0 cm³/mol. The van der Waals surface area contributed by atoms with Gasteiger partial charge >= 0.3 is 5.97 Å². The molecule has 0 aliphatic rings. The number of rotatable bonds is 15. The van der Waals surface area contributed by atoms with Gasteiger partial charge in [0.05, 0.1) is 0 Å². The third kappa shape index (κ3) is 23.8. The van der Waals surface area contributed by atoms with E-state index in [9.17, 15) is 4.79 Å². The minimum atomic E-state index is -0.674. The van der Waals surface area contributed by atoms with Crippen LogP contribution < -0.4 is 5.73 Å². The molecule has 0 aromatic rings. The molecule has 5 nitrogen and oxygen atoms in total. The molecule has 0 amide bonds. The number of hydrogen-bond donors (Lipinski definition) is 2. The van der Waals surface area contributed by atoms with E-state index in [1.54, 1.807) is 26.0 Å². The monoisotopic (exact) mass is 349 g/mol. The third-order valence-corrected chi connectivity index (χ3v) is 4.12. The number of thioether (sulfide) groups is 1. The fourth-order valence-electron chi connectivity index (χ4n) is 1.77. The summed E-state index contributed by atoms with van der Waals surface area (Å²) in [6.45, 7) is 4.38. The minimum absolute atomic E-state index is 0.0865. The van der Waals surface area contributed by atoms with Gasteiger partial charge in [0, 0.05) is 38.7 Å². The van der Waals surface area contributed by atoms with Gasteiger partial charge in [-0.1, -0.05) is 31.8 Å². The smallest absolute Gasteiger partial charge is 0.303 e. The topological polar surface area (TPSA) is 81.8 Å². The summed E-state index contributed by atoms with van der Waals surface area (Å²) < 4.78 is 9.92. The largest absolute Gasteiger partial charge is 0.481 e. The molecular formula is C17H35NO4S. The van der Waals surface area contributed by atoms with Crippen molar-refractivity contribution in [3.63, 3.8) is 0 Å². The lowest BCUT2D eigenvalue weighted by molar-refractivity contribution is -0.137. The van der Waals surface area contributed by atoms with Gasteiger partial charge in [0.15, 0.2) is 6.29 Å². The fourth-order valence-corrected chi connectivity index (χ4v) is 2.57. The van der Waals surface area contributed by atoms with E-state index in [0.29, 0.717) is 13.0 Å². The van der Waals surface area contributed by atoms with Crippen molar-refractivity contribution in [2.24, 2.45) is 5.73 Å². The molecule has 3 N–H and O–H groups in total. The summed E-state index contributed by atoms with van der Waals surface area (Å²) in [7, 11) is 3.27. The summed E-state index contributed by atoms with van der Waals surface area (Å²) in [5.41, 5.74) is 5.30. The standard InChI is InChI=1S/C11H20O2.C6H15NO2S/c1-2-3-4-5-6-7-8-9-10-11(12)13;1-8-6(9-2)5-10-4-3-7/h2H,1,3-10H2,(H,12,13);6H,3-5,7H2,1-2H3. The quantitative estimate of drug-likeness (QED) is 0.267. The summed E-state index contributed by atoms with van der Waals surface area (Å²) in [5, 5.41) is 8.38. The molecule has 23 heavy (non-hydrogen) atoms. The molecule has 0 atom stereocenters. The van der Waals surface area contributed by atoms with E-state index in [1.807, 2.05) is 6.08 Å². The van der Waals surface area contributed by atoms with E-state index in [-0.39, 0.29) is 6.29 Å². The first-order valence-corrected chi connectivity index (χ1v) is 9.43. The summed E-state index contributed by atoms with van der Waals surface area (Å²) in [6, 6.07) is 0. The van der Waals surface area contributed by atoms with Gasteiger partial charge in [0.25, 0.3) is 0 Å². The second kappa shape index (κ2) is 21.4. The second-order valence-corrected chi connectivity index (χ2v) is 6.26. The highest BCUT2D eigenvalue weighted by Crippen LogP contribution is 2.08. The Kier molecular flexibility index (Phi) is 23.0. The van der Waals surface area contributed by atoms with Gasteiger partial charge in [-0.05, 0) is 19.3 Å². The van der Waals surface area contributed by atoms with Gasteiger partial charge in [-0.2, -0.15) is 11.8 Å². The Morgan fingerprint density at radius 1 is 1.17 bits per heavy atom. The maximum absolute atomic E-state index is 10.2. The zero-order valence-corrected chi connectivity index (χ0v) is 15.6. The van der Waals surface area contributed by atoms with E-state index in [0.717, 1.165) is 30.8 Å². The van der Waals surface area contributed by atoms with Crippen LogP contribution in [0.1, 0.15) is 51.4 Å². The second-order valence-electron chi connectivity index (χ2n) is 5.11. The number of unbranched alkanes of at least 4 members (excludes halogenated alkanes) is 6. The minimum Gasteiger partial charge on any atom is -0.481 e. The van der Waals surface area contributed by atoms with Gasteiger partial charge in [0.2, 0.25) is 0 Å². The van der Waals surface area contributed by atoms with Crippen molar-refractivity contribution < 1.29 is 19.4 Å². The van der Waals surface area contributed by atoms with E-state index in [1.165, 1.54) is 25.7 Å². The molecule has 0 aliphatic heterocycles. The highest BCUT2D eigenvalue weighted by Gasteiger charge is 2.02. The molecule has 0 spiro atoms. The van der Waals surface area contributed by atoms with Crippen molar-refractivity contribution in [1.29, 1.82) is 0 Å². The van der Waals surface area contributed by atoms with Crippen molar-refractivity contribution in [2.45, 2.75) is 57.7 Å². The molecule has 0 radical (unpaired) electrons. The van der Waals surface area contributed by atoms with Gasteiger partial charge in [0.1, 0.15) is 0 Å². The Balaban J connectivity index is 0. The molecule has 0 fully saturated rings. The molecule has 0 aliphatic carbocycles. The van der Waals surface area contributed by atoms with Crippen molar-refractivity contribution >= 4 is 17.7 Å². The van der Waals surface area contributed by atoms with Gasteiger partial charge in [-0.3, -0.25) is 4.79 Å². The van der Waals surface area contributed by atoms with E-state index in [4.69, 9.17) is 20.3 Å². The maximum atomic E-state index is 10.2. The summed E-state index contributed by atoms with van der Waals surface area (Å²) in [4.78, 5) is 10.2. The number of aliphatic carboxylic acids is 1. The molecule has 0 saturated carbocycles. The normalized spacial score (nSPS) is 10.3. The Hall–Kier alpha value is -0.560. The Labute approximate surface area is 146 Å². The van der Waals surface area contributed by atoms with Gasteiger partial charge < -0.3 is 20.3 Å². The fraction of sp³-hybridized carbons (Fsp3) is 0.824. The molecule has 6 heteroatoms. The molecule has 0 saturated heterocycles. The lowest BCUT2D eigenvalue weighted by Crippen LogP contribution is -2.17. The number of ether oxygens (including phenoxy) is 2. The summed E-state index contributed by atoms with van der Waals surface area (Å²) in [5.74, 6) is 1.14. The average Bonchev–Trinajstić information content (AvgIpc) is 2.54. The van der Waals surface area contributed by atoms with E-state index >= 15 is 0 Å². The van der Waals surface area contributed by atoms with Gasteiger partial charge in [-0.15, -0.1) is 6.58 Å². The number of hydrogen-bond acceptors (Lipinski definition) is 5. The zero-order chi connectivity index (χ0) is 17.8. The van der Waals surface area contributed by atoms with Crippen LogP contribution in [0.5, 0.6) is 0 Å². The molecule has 0 bridgehead atoms. The van der Waals surface area contributed by atoms with Gasteiger partial charge in [-0.25, -0.2) is 0 Å². The van der Waals surface area contributed by atoms with Crippen LogP contribution in [0.15, 0.2) is 12.7 Å². The number of methoxy groups -OCH3 is 2. The zero-order valence-electron chi connectivity index (χ0n) is 14.8. The van der Waals surface area contributed by atoms with Crippen molar-refractivity contribution in [1.82, 2.24) is 0 Å². The first-order valence-electron chi connectivity index (χ1n) is 8.28. The van der Waals surface area contributed by atoms with Crippen LogP contribution in [-0.2, 0) is 14.3 Å². The summed E-state index contributed by atoms with van der Waals surface area (Å²) >= 11 is 1.74. The average molecular weight is 350 g/mol. The van der Waals surface area contributed by atoms with Crippen molar-refractivity contribution in [3.8, 4) is 0 Å². The SMILES string of the molecule is C=CCCCCCCCCC(=O)O.COC(CSCCN)OC. The highest BCUT2D eigenvalue weighted by atomic mass is 32.2. The Morgan fingerprint density at radius 2 is 1.74 bits per heavy atom.